The summed E-state index contributed by atoms with van der Waals surface area (Å²) in [5.74, 6) is 0. The summed E-state index contributed by atoms with van der Waals surface area (Å²) in [5.41, 5.74) is 2.25. The number of rotatable bonds is 3. The predicted octanol–water partition coefficient (Wildman–Crippen LogP) is 5.46. The third-order valence-corrected chi connectivity index (χ3v) is 4.05. The van der Waals surface area contributed by atoms with Crippen molar-refractivity contribution in [1.29, 1.82) is 0 Å². The first-order chi connectivity index (χ1) is 10.2. The van der Waals surface area contributed by atoms with Gasteiger partial charge in [0.05, 0.1) is 6.04 Å². The molecule has 0 aliphatic heterocycles. The molecule has 0 saturated carbocycles. The topological polar surface area (TPSA) is 12.0 Å². The Labute approximate surface area is 134 Å². The molecular weight excluding hydrogens is 301 g/mol. The molecule has 1 atom stereocenters. The minimum atomic E-state index is 0.0609. The summed E-state index contributed by atoms with van der Waals surface area (Å²) in [5, 5.41) is 7.10. The van der Waals surface area contributed by atoms with Gasteiger partial charge < -0.3 is 5.32 Å². The Morgan fingerprint density at radius 3 is 2.10 bits per heavy atom. The molecule has 106 valence electrons. The van der Waals surface area contributed by atoms with E-state index in [9.17, 15) is 0 Å². The van der Waals surface area contributed by atoms with Crippen LogP contribution in [0.25, 0.3) is 10.8 Å². The minimum absolute atomic E-state index is 0.0609. The average molecular weight is 316 g/mol. The van der Waals surface area contributed by atoms with Gasteiger partial charge in [-0.3, -0.25) is 0 Å². The summed E-state index contributed by atoms with van der Waals surface area (Å²) in [4.78, 5) is 0. The van der Waals surface area contributed by atoms with Gasteiger partial charge in [0, 0.05) is 10.0 Å². The lowest BCUT2D eigenvalue weighted by Crippen LogP contribution is -2.17. The maximum absolute atomic E-state index is 6.12. The standard InChI is InChI=1S/C18H15Cl2N/c1-21-18(15-9-16(19)11-17(20)10-15)14-7-6-12-4-2-3-5-13(12)8-14/h2-11,18,21H,1H3. The first kappa shape index (κ1) is 14.4. The monoisotopic (exact) mass is 315 g/mol. The van der Waals surface area contributed by atoms with Crippen molar-refractivity contribution in [2.45, 2.75) is 6.04 Å². The zero-order valence-electron chi connectivity index (χ0n) is 11.6. The van der Waals surface area contributed by atoms with Gasteiger partial charge >= 0.3 is 0 Å². The quantitative estimate of drug-likeness (QED) is 0.677. The van der Waals surface area contributed by atoms with Gasteiger partial charge in [0.15, 0.2) is 0 Å². The zero-order valence-corrected chi connectivity index (χ0v) is 13.1. The Hall–Kier alpha value is -1.54. The molecule has 3 aromatic carbocycles. The fourth-order valence-electron chi connectivity index (χ4n) is 2.65. The molecule has 3 heteroatoms. The lowest BCUT2D eigenvalue weighted by molar-refractivity contribution is 0.693. The molecular formula is C18H15Cl2N. The van der Waals surface area contributed by atoms with Crippen LogP contribution in [-0.4, -0.2) is 7.05 Å². The number of hydrogen-bond donors (Lipinski definition) is 1. The van der Waals surface area contributed by atoms with Crippen molar-refractivity contribution in [2.75, 3.05) is 7.05 Å². The van der Waals surface area contributed by atoms with E-state index in [1.165, 1.54) is 16.3 Å². The second kappa shape index (κ2) is 6.07. The molecule has 0 aliphatic rings. The molecule has 0 radical (unpaired) electrons. The molecule has 0 heterocycles. The highest BCUT2D eigenvalue weighted by molar-refractivity contribution is 6.34. The van der Waals surface area contributed by atoms with Crippen molar-refractivity contribution in [1.82, 2.24) is 5.32 Å². The van der Waals surface area contributed by atoms with Crippen molar-refractivity contribution in [3.8, 4) is 0 Å². The van der Waals surface area contributed by atoms with Crippen molar-refractivity contribution in [3.05, 3.63) is 81.8 Å². The first-order valence-electron chi connectivity index (χ1n) is 6.79. The van der Waals surface area contributed by atoms with Crippen LogP contribution < -0.4 is 5.32 Å². The summed E-state index contributed by atoms with van der Waals surface area (Å²) in [7, 11) is 1.94. The largest absolute Gasteiger partial charge is 0.309 e. The Morgan fingerprint density at radius 1 is 0.762 bits per heavy atom. The molecule has 0 spiro atoms. The average Bonchev–Trinajstić information content (AvgIpc) is 2.47. The molecule has 21 heavy (non-hydrogen) atoms. The second-order valence-corrected chi connectivity index (χ2v) is 5.90. The zero-order chi connectivity index (χ0) is 14.8. The number of nitrogens with one attached hydrogen (secondary N) is 1. The Kier molecular flexibility index (Phi) is 4.16. The number of benzene rings is 3. The highest BCUT2D eigenvalue weighted by Gasteiger charge is 2.13. The van der Waals surface area contributed by atoms with Crippen LogP contribution in [-0.2, 0) is 0 Å². The molecule has 0 amide bonds. The number of fused-ring (bicyclic) bond motifs is 1. The Morgan fingerprint density at radius 2 is 1.43 bits per heavy atom. The van der Waals surface area contributed by atoms with E-state index >= 15 is 0 Å². The molecule has 1 nitrogen and oxygen atoms in total. The van der Waals surface area contributed by atoms with E-state index in [0.29, 0.717) is 10.0 Å². The summed E-state index contributed by atoms with van der Waals surface area (Å²) >= 11 is 12.2. The van der Waals surface area contributed by atoms with Crippen molar-refractivity contribution in [3.63, 3.8) is 0 Å². The normalized spacial score (nSPS) is 12.5. The molecule has 0 aromatic heterocycles. The van der Waals surface area contributed by atoms with Crippen LogP contribution in [0.15, 0.2) is 60.7 Å². The fourth-order valence-corrected chi connectivity index (χ4v) is 3.20. The lowest BCUT2D eigenvalue weighted by Gasteiger charge is -2.18. The van der Waals surface area contributed by atoms with Crippen LogP contribution in [0, 0.1) is 0 Å². The molecule has 1 N–H and O–H groups in total. The number of halogens is 2. The van der Waals surface area contributed by atoms with Gasteiger partial charge in [-0.1, -0.05) is 59.6 Å². The van der Waals surface area contributed by atoms with Gasteiger partial charge in [-0.25, -0.2) is 0 Å². The van der Waals surface area contributed by atoms with Crippen LogP contribution in [0.3, 0.4) is 0 Å². The minimum Gasteiger partial charge on any atom is -0.309 e. The molecule has 0 bridgehead atoms. The van der Waals surface area contributed by atoms with Crippen LogP contribution in [0.2, 0.25) is 10.0 Å². The molecule has 3 rings (SSSR count). The smallest absolute Gasteiger partial charge is 0.0575 e. The molecule has 3 aromatic rings. The SMILES string of the molecule is CNC(c1cc(Cl)cc(Cl)c1)c1ccc2ccccc2c1. The third kappa shape index (κ3) is 3.06. The first-order valence-corrected chi connectivity index (χ1v) is 7.55. The van der Waals surface area contributed by atoms with Crippen molar-refractivity contribution in [2.24, 2.45) is 0 Å². The van der Waals surface area contributed by atoms with E-state index in [0.717, 1.165) is 5.56 Å². The Balaban J connectivity index is 2.08. The van der Waals surface area contributed by atoms with E-state index in [2.05, 4.69) is 41.7 Å². The van der Waals surface area contributed by atoms with Crippen LogP contribution >= 0.6 is 23.2 Å². The van der Waals surface area contributed by atoms with Crippen LogP contribution in [0.5, 0.6) is 0 Å². The predicted molar refractivity (Wildman–Crippen MR) is 91.3 cm³/mol. The highest BCUT2D eigenvalue weighted by atomic mass is 35.5. The van der Waals surface area contributed by atoms with Gasteiger partial charge in [0.2, 0.25) is 0 Å². The van der Waals surface area contributed by atoms with Crippen molar-refractivity contribution < 1.29 is 0 Å². The van der Waals surface area contributed by atoms with Gasteiger partial charge in [0.1, 0.15) is 0 Å². The molecule has 0 aliphatic carbocycles. The van der Waals surface area contributed by atoms with E-state index in [4.69, 9.17) is 23.2 Å². The van der Waals surface area contributed by atoms with Crippen LogP contribution in [0.1, 0.15) is 17.2 Å². The third-order valence-electron chi connectivity index (χ3n) is 3.61. The summed E-state index contributed by atoms with van der Waals surface area (Å²) < 4.78 is 0. The molecule has 0 saturated heterocycles. The van der Waals surface area contributed by atoms with Gasteiger partial charge in [-0.2, -0.15) is 0 Å². The summed E-state index contributed by atoms with van der Waals surface area (Å²) in [6.45, 7) is 0. The van der Waals surface area contributed by atoms with Crippen LogP contribution in [0.4, 0.5) is 0 Å². The van der Waals surface area contributed by atoms with E-state index < -0.39 is 0 Å². The molecule has 1 unspecified atom stereocenters. The van der Waals surface area contributed by atoms with E-state index in [1.807, 2.05) is 25.2 Å². The maximum atomic E-state index is 6.12. The fraction of sp³-hybridized carbons (Fsp3) is 0.111. The number of hydrogen-bond acceptors (Lipinski definition) is 1. The summed E-state index contributed by atoms with van der Waals surface area (Å²) in [6, 6.07) is 20.5. The highest BCUT2D eigenvalue weighted by Crippen LogP contribution is 2.29. The van der Waals surface area contributed by atoms with Crippen molar-refractivity contribution >= 4 is 34.0 Å². The van der Waals surface area contributed by atoms with Gasteiger partial charge in [0.25, 0.3) is 0 Å². The van der Waals surface area contributed by atoms with E-state index in [-0.39, 0.29) is 6.04 Å². The van der Waals surface area contributed by atoms with Gasteiger partial charge in [-0.15, -0.1) is 0 Å². The Bertz CT molecular complexity index is 763. The second-order valence-electron chi connectivity index (χ2n) is 5.03. The maximum Gasteiger partial charge on any atom is 0.0575 e. The lowest BCUT2D eigenvalue weighted by atomic mass is 9.96. The van der Waals surface area contributed by atoms with E-state index in [1.54, 1.807) is 6.07 Å². The van der Waals surface area contributed by atoms with Gasteiger partial charge in [-0.05, 0) is 53.2 Å². The molecule has 0 fully saturated rings. The summed E-state index contributed by atoms with van der Waals surface area (Å²) in [6.07, 6.45) is 0.